The lowest BCUT2D eigenvalue weighted by atomic mass is 9.97. The van der Waals surface area contributed by atoms with E-state index in [1.807, 2.05) is 72.8 Å². The van der Waals surface area contributed by atoms with Gasteiger partial charge in [-0.15, -0.1) is 0 Å². The first-order valence-corrected chi connectivity index (χ1v) is 9.13. The average Bonchev–Trinajstić information content (AvgIpc) is 3.34. The Morgan fingerprint density at radius 2 is 1.74 bits per heavy atom. The molecule has 2 saturated heterocycles. The minimum Gasteiger partial charge on any atom is -0.446 e. The first kappa shape index (κ1) is 17.5. The van der Waals surface area contributed by atoms with Crippen LogP contribution < -0.4 is 0 Å². The Kier molecular flexibility index (Phi) is 5.03. The number of rotatable bonds is 4. The molecule has 2 aliphatic heterocycles. The van der Waals surface area contributed by atoms with Gasteiger partial charge in [0.2, 0.25) is 5.91 Å². The van der Waals surface area contributed by atoms with Gasteiger partial charge in [0.05, 0.1) is 12.0 Å². The maximum atomic E-state index is 13.2. The van der Waals surface area contributed by atoms with Gasteiger partial charge in [-0.25, -0.2) is 9.69 Å². The van der Waals surface area contributed by atoms with Crippen molar-refractivity contribution in [3.05, 3.63) is 77.9 Å². The first-order valence-electron chi connectivity index (χ1n) is 9.13. The van der Waals surface area contributed by atoms with Gasteiger partial charge in [0.25, 0.3) is 0 Å². The highest BCUT2D eigenvalue weighted by Crippen LogP contribution is 2.33. The van der Waals surface area contributed by atoms with Crippen LogP contribution in [0.5, 0.6) is 0 Å². The summed E-state index contributed by atoms with van der Waals surface area (Å²) < 4.78 is 10.9. The van der Waals surface area contributed by atoms with E-state index in [0.717, 1.165) is 11.1 Å². The molecule has 4 rings (SSSR count). The van der Waals surface area contributed by atoms with Crippen LogP contribution >= 0.6 is 0 Å². The molecule has 2 heterocycles. The Labute approximate surface area is 158 Å². The predicted octanol–water partition coefficient (Wildman–Crippen LogP) is 3.83. The number of carbonyl (C=O) groups is 2. The number of ether oxygens (including phenoxy) is 2. The molecule has 0 radical (unpaired) electrons. The minimum atomic E-state index is -0.577. The van der Waals surface area contributed by atoms with Crippen LogP contribution in [-0.4, -0.2) is 36.2 Å². The molecule has 2 fully saturated rings. The van der Waals surface area contributed by atoms with E-state index in [1.165, 1.54) is 4.90 Å². The van der Waals surface area contributed by atoms with Gasteiger partial charge in [0.1, 0.15) is 12.6 Å². The van der Waals surface area contributed by atoms with Crippen molar-refractivity contribution in [2.75, 3.05) is 13.2 Å². The number of nitrogens with zero attached hydrogens (tertiary/aromatic N) is 1. The molecule has 0 bridgehead atoms. The van der Waals surface area contributed by atoms with E-state index < -0.39 is 6.09 Å². The number of cyclic esters (lactones) is 1. The Balaban J connectivity index is 1.53. The summed E-state index contributed by atoms with van der Waals surface area (Å²) in [7, 11) is 0. The molecular weight excluding hydrogens is 342 g/mol. The quantitative estimate of drug-likeness (QED) is 0.829. The largest absolute Gasteiger partial charge is 0.446 e. The van der Waals surface area contributed by atoms with Crippen LogP contribution in [0.3, 0.4) is 0 Å². The third kappa shape index (κ3) is 3.64. The van der Waals surface area contributed by atoms with Crippen molar-refractivity contribution in [2.45, 2.75) is 18.6 Å². The van der Waals surface area contributed by atoms with Crippen molar-refractivity contribution in [3.8, 4) is 0 Å². The fourth-order valence-electron chi connectivity index (χ4n) is 3.60. The molecule has 0 N–H and O–H groups in total. The fraction of sp³-hybridized carbons (Fsp3) is 0.273. The topological polar surface area (TPSA) is 55.8 Å². The Bertz CT molecular complexity index is 834. The van der Waals surface area contributed by atoms with Gasteiger partial charge in [-0.05, 0) is 17.5 Å². The highest BCUT2D eigenvalue weighted by Gasteiger charge is 2.44. The van der Waals surface area contributed by atoms with Crippen LogP contribution in [0.4, 0.5) is 4.79 Å². The monoisotopic (exact) mass is 363 g/mol. The lowest BCUT2D eigenvalue weighted by molar-refractivity contribution is -0.134. The van der Waals surface area contributed by atoms with Crippen molar-refractivity contribution in [1.29, 1.82) is 0 Å². The number of amides is 2. The summed E-state index contributed by atoms with van der Waals surface area (Å²) in [5.74, 6) is -0.617. The van der Waals surface area contributed by atoms with Crippen LogP contribution in [-0.2, 0) is 14.3 Å². The average molecular weight is 363 g/mol. The van der Waals surface area contributed by atoms with E-state index in [2.05, 4.69) is 0 Å². The SMILES string of the molecule is O=C1OC[C@H](c2ccccc2)N1C(=O)[C@@H]1CCO[C@@H]1/C=C/c1ccccc1. The lowest BCUT2D eigenvalue weighted by Gasteiger charge is -2.24. The van der Waals surface area contributed by atoms with Crippen LogP contribution in [0, 0.1) is 5.92 Å². The third-order valence-electron chi connectivity index (χ3n) is 5.03. The maximum absolute atomic E-state index is 13.2. The zero-order valence-corrected chi connectivity index (χ0v) is 14.9. The van der Waals surface area contributed by atoms with Crippen LogP contribution in [0.2, 0.25) is 0 Å². The second kappa shape index (κ2) is 7.76. The van der Waals surface area contributed by atoms with Gasteiger partial charge >= 0.3 is 6.09 Å². The van der Waals surface area contributed by atoms with E-state index in [4.69, 9.17) is 9.47 Å². The number of imide groups is 1. The molecule has 138 valence electrons. The first-order chi connectivity index (χ1) is 13.2. The van der Waals surface area contributed by atoms with Crippen molar-refractivity contribution in [1.82, 2.24) is 4.90 Å². The van der Waals surface area contributed by atoms with Gasteiger partial charge < -0.3 is 9.47 Å². The summed E-state index contributed by atoms with van der Waals surface area (Å²) in [6.07, 6.45) is 3.53. The number of hydrogen-bond donors (Lipinski definition) is 0. The van der Waals surface area contributed by atoms with Gasteiger partial charge in [0.15, 0.2) is 0 Å². The molecule has 3 atom stereocenters. The molecule has 0 unspecified atom stereocenters. The molecule has 2 aromatic carbocycles. The minimum absolute atomic E-state index is 0.187. The molecule has 5 heteroatoms. The summed E-state index contributed by atoms with van der Waals surface area (Å²) in [5, 5.41) is 0. The molecule has 0 saturated carbocycles. The Morgan fingerprint density at radius 3 is 2.48 bits per heavy atom. The number of benzene rings is 2. The second-order valence-electron chi connectivity index (χ2n) is 6.71. The smallest absolute Gasteiger partial charge is 0.417 e. The van der Waals surface area contributed by atoms with Crippen molar-refractivity contribution in [2.24, 2.45) is 5.92 Å². The fourth-order valence-corrected chi connectivity index (χ4v) is 3.60. The van der Waals surface area contributed by atoms with Gasteiger partial charge in [0, 0.05) is 6.61 Å². The molecule has 2 aromatic rings. The summed E-state index contributed by atoms with van der Waals surface area (Å²) in [5.41, 5.74) is 1.94. The normalized spacial score (nSPS) is 25.1. The lowest BCUT2D eigenvalue weighted by Crippen LogP contribution is -2.41. The zero-order valence-electron chi connectivity index (χ0n) is 14.9. The summed E-state index contributed by atoms with van der Waals surface area (Å²) in [4.78, 5) is 26.7. The highest BCUT2D eigenvalue weighted by atomic mass is 16.6. The van der Waals surface area contributed by atoms with Gasteiger partial charge in [-0.2, -0.15) is 0 Å². The van der Waals surface area contributed by atoms with E-state index in [9.17, 15) is 9.59 Å². The molecule has 0 spiro atoms. The molecule has 2 amide bonds. The Morgan fingerprint density at radius 1 is 1.04 bits per heavy atom. The second-order valence-corrected chi connectivity index (χ2v) is 6.71. The van der Waals surface area contributed by atoms with Crippen LogP contribution in [0.1, 0.15) is 23.6 Å². The molecular formula is C22H21NO4. The summed E-state index contributed by atoms with van der Waals surface area (Å²) in [6, 6.07) is 19.0. The Hall–Kier alpha value is -2.92. The van der Waals surface area contributed by atoms with Crippen LogP contribution in [0.15, 0.2) is 66.7 Å². The highest BCUT2D eigenvalue weighted by molar-refractivity contribution is 5.95. The maximum Gasteiger partial charge on any atom is 0.417 e. The zero-order chi connectivity index (χ0) is 18.6. The van der Waals surface area contributed by atoms with E-state index in [0.29, 0.717) is 13.0 Å². The molecule has 0 aliphatic carbocycles. The van der Waals surface area contributed by atoms with E-state index in [1.54, 1.807) is 0 Å². The third-order valence-corrected chi connectivity index (χ3v) is 5.03. The molecule has 0 aromatic heterocycles. The summed E-state index contributed by atoms with van der Waals surface area (Å²) >= 11 is 0. The standard InChI is InChI=1S/C22H21NO4/c24-21(23-19(15-27-22(23)25)17-9-5-2-6-10-17)18-13-14-26-20(18)12-11-16-7-3-1-4-8-16/h1-12,18-20H,13-15H2/b12-11+/t18-,19-,20-/m1/s1. The van der Waals surface area contributed by atoms with Gasteiger partial charge in [-0.3, -0.25) is 4.79 Å². The summed E-state index contributed by atoms with van der Waals surface area (Å²) in [6.45, 7) is 0.686. The molecule has 27 heavy (non-hydrogen) atoms. The molecule has 5 nitrogen and oxygen atoms in total. The van der Waals surface area contributed by atoms with Crippen molar-refractivity contribution in [3.63, 3.8) is 0 Å². The van der Waals surface area contributed by atoms with E-state index >= 15 is 0 Å². The number of hydrogen-bond acceptors (Lipinski definition) is 4. The van der Waals surface area contributed by atoms with Crippen molar-refractivity contribution < 1.29 is 19.1 Å². The van der Waals surface area contributed by atoms with Crippen molar-refractivity contribution >= 4 is 18.1 Å². The molecule has 2 aliphatic rings. The van der Waals surface area contributed by atoms with Crippen LogP contribution in [0.25, 0.3) is 6.08 Å². The van der Waals surface area contributed by atoms with Gasteiger partial charge in [-0.1, -0.05) is 72.8 Å². The predicted molar refractivity (Wildman–Crippen MR) is 101 cm³/mol. The number of carbonyl (C=O) groups excluding carboxylic acids is 2. The van der Waals surface area contributed by atoms with E-state index in [-0.39, 0.29) is 30.6 Å².